The maximum Gasteiger partial charge on any atom is 0.0419 e. The summed E-state index contributed by atoms with van der Waals surface area (Å²) >= 11 is 3.56. The van der Waals surface area contributed by atoms with Crippen LogP contribution in [0.4, 0.5) is 11.4 Å². The van der Waals surface area contributed by atoms with Gasteiger partial charge in [0.15, 0.2) is 0 Å². The van der Waals surface area contributed by atoms with Gasteiger partial charge in [0, 0.05) is 29.4 Å². The minimum atomic E-state index is 0.551. The predicted octanol–water partition coefficient (Wildman–Crippen LogP) is 4.24. The number of hydrogen-bond acceptors (Lipinski definition) is 2. The summed E-state index contributed by atoms with van der Waals surface area (Å²) < 4.78 is 1.06. The monoisotopic (exact) mass is 318 g/mol. The fourth-order valence-electron chi connectivity index (χ4n) is 2.01. The Kier molecular flexibility index (Phi) is 4.61. The van der Waals surface area contributed by atoms with E-state index in [0.29, 0.717) is 6.54 Å². The lowest BCUT2D eigenvalue weighted by Crippen LogP contribution is -2.10. The molecular weight excluding hydrogens is 300 g/mol. The van der Waals surface area contributed by atoms with Gasteiger partial charge in [-0.2, -0.15) is 0 Å². The lowest BCUT2D eigenvalue weighted by atomic mass is 10.1. The number of hydrogen-bond donors (Lipinski definition) is 1. The van der Waals surface area contributed by atoms with Crippen LogP contribution in [0.5, 0.6) is 0 Å². The van der Waals surface area contributed by atoms with Crippen LogP contribution < -0.4 is 10.6 Å². The van der Waals surface area contributed by atoms with Gasteiger partial charge in [0.05, 0.1) is 0 Å². The van der Waals surface area contributed by atoms with Crippen molar-refractivity contribution >= 4 is 27.3 Å². The molecule has 0 spiro atoms. The molecule has 0 fully saturated rings. The van der Waals surface area contributed by atoms with Crippen LogP contribution in [0.25, 0.3) is 0 Å². The second kappa shape index (κ2) is 6.22. The summed E-state index contributed by atoms with van der Waals surface area (Å²) in [6.07, 6.45) is 1.07. The van der Waals surface area contributed by atoms with Gasteiger partial charge in [0.25, 0.3) is 0 Å². The Hall–Kier alpha value is -1.32. The summed E-state index contributed by atoms with van der Waals surface area (Å²) in [4.78, 5) is 2.17. The lowest BCUT2D eigenvalue weighted by molar-refractivity contribution is 1.06. The molecule has 0 amide bonds. The molecule has 0 atom stereocenters. The normalized spacial score (nSPS) is 10.5. The fourth-order valence-corrected chi connectivity index (χ4v) is 2.54. The Morgan fingerprint density at radius 3 is 2.21 bits per heavy atom. The number of halogens is 1. The maximum atomic E-state index is 5.68. The number of benzene rings is 2. The lowest BCUT2D eigenvalue weighted by Gasteiger charge is -2.20. The van der Waals surface area contributed by atoms with Gasteiger partial charge < -0.3 is 10.6 Å². The average Bonchev–Trinajstić information content (AvgIpc) is 2.46. The van der Waals surface area contributed by atoms with Gasteiger partial charge in [-0.1, -0.05) is 41.1 Å². The molecule has 0 heterocycles. The van der Waals surface area contributed by atoms with Gasteiger partial charge in [-0.15, -0.1) is 0 Å². The molecule has 2 aromatic carbocycles. The highest BCUT2D eigenvalue weighted by atomic mass is 79.9. The Bertz CT molecular complexity index is 549. The van der Waals surface area contributed by atoms with Gasteiger partial charge in [-0.25, -0.2) is 0 Å². The van der Waals surface area contributed by atoms with Crippen molar-refractivity contribution in [3.63, 3.8) is 0 Å². The number of rotatable bonds is 4. The van der Waals surface area contributed by atoms with Crippen molar-refractivity contribution in [2.24, 2.45) is 5.73 Å². The molecule has 100 valence electrons. The van der Waals surface area contributed by atoms with E-state index < -0.39 is 0 Å². The van der Waals surface area contributed by atoms with Crippen LogP contribution in [-0.2, 0) is 13.0 Å². The van der Waals surface area contributed by atoms with Crippen LogP contribution in [0.15, 0.2) is 46.9 Å². The van der Waals surface area contributed by atoms with Gasteiger partial charge >= 0.3 is 0 Å². The van der Waals surface area contributed by atoms with Crippen LogP contribution in [0.1, 0.15) is 18.1 Å². The van der Waals surface area contributed by atoms with Crippen molar-refractivity contribution in [3.8, 4) is 0 Å². The molecule has 0 aliphatic heterocycles. The van der Waals surface area contributed by atoms with E-state index in [9.17, 15) is 0 Å². The van der Waals surface area contributed by atoms with E-state index in [4.69, 9.17) is 5.73 Å². The Balaban J connectivity index is 2.27. The smallest absolute Gasteiger partial charge is 0.0419 e. The topological polar surface area (TPSA) is 29.3 Å². The zero-order valence-corrected chi connectivity index (χ0v) is 12.9. The second-order valence-electron chi connectivity index (χ2n) is 4.56. The minimum absolute atomic E-state index is 0.551. The molecule has 0 aliphatic carbocycles. The first-order chi connectivity index (χ1) is 9.15. The third-order valence-electron chi connectivity index (χ3n) is 3.38. The third kappa shape index (κ3) is 3.17. The Labute approximate surface area is 123 Å². The largest absolute Gasteiger partial charge is 0.345 e. The molecule has 0 unspecified atom stereocenters. The highest BCUT2D eigenvalue weighted by molar-refractivity contribution is 9.10. The molecule has 0 saturated heterocycles. The molecule has 2 N–H and O–H groups in total. The Morgan fingerprint density at radius 1 is 1.05 bits per heavy atom. The van der Waals surface area contributed by atoms with Gasteiger partial charge in [-0.05, 0) is 41.8 Å². The van der Waals surface area contributed by atoms with Crippen molar-refractivity contribution in [2.45, 2.75) is 19.9 Å². The summed E-state index contributed by atoms with van der Waals surface area (Å²) in [5, 5.41) is 0. The molecule has 0 aromatic heterocycles. The van der Waals surface area contributed by atoms with E-state index >= 15 is 0 Å². The molecule has 0 radical (unpaired) electrons. The van der Waals surface area contributed by atoms with Gasteiger partial charge in [0.1, 0.15) is 0 Å². The first-order valence-electron chi connectivity index (χ1n) is 6.47. The molecule has 2 nitrogen and oxygen atoms in total. The third-order valence-corrected chi connectivity index (χ3v) is 4.11. The molecule has 2 aromatic rings. The SMILES string of the molecule is CCc1ccc(N(C)c2ccc(CN)c(Br)c2)cc1. The number of nitrogens with zero attached hydrogens (tertiary/aromatic N) is 1. The zero-order chi connectivity index (χ0) is 13.8. The maximum absolute atomic E-state index is 5.68. The number of aryl methyl sites for hydroxylation is 1. The molecule has 3 heteroatoms. The molecule has 0 aliphatic rings. The fraction of sp³-hybridized carbons (Fsp3) is 0.250. The van der Waals surface area contributed by atoms with Gasteiger partial charge in [-0.3, -0.25) is 0 Å². The average molecular weight is 319 g/mol. The summed E-state index contributed by atoms with van der Waals surface area (Å²) in [5.74, 6) is 0. The van der Waals surface area contributed by atoms with Gasteiger partial charge in [0.2, 0.25) is 0 Å². The quantitative estimate of drug-likeness (QED) is 0.913. The highest BCUT2D eigenvalue weighted by Gasteiger charge is 2.06. The summed E-state index contributed by atoms with van der Waals surface area (Å²) in [6.45, 7) is 2.72. The summed E-state index contributed by atoms with van der Waals surface area (Å²) in [6, 6.07) is 14.9. The van der Waals surface area contributed by atoms with Crippen LogP contribution in [-0.4, -0.2) is 7.05 Å². The van der Waals surface area contributed by atoms with Crippen molar-refractivity contribution in [1.29, 1.82) is 0 Å². The van der Waals surface area contributed by atoms with E-state index in [1.165, 1.54) is 11.3 Å². The van der Waals surface area contributed by atoms with Crippen molar-refractivity contribution in [1.82, 2.24) is 0 Å². The van der Waals surface area contributed by atoms with E-state index in [1.54, 1.807) is 0 Å². The zero-order valence-electron chi connectivity index (χ0n) is 11.4. The standard InChI is InChI=1S/C16H19BrN2/c1-3-12-4-7-14(8-5-12)19(2)15-9-6-13(11-18)16(17)10-15/h4-10H,3,11,18H2,1-2H3. The Morgan fingerprint density at radius 2 is 1.68 bits per heavy atom. The van der Waals surface area contributed by atoms with Crippen LogP contribution in [0.3, 0.4) is 0 Å². The van der Waals surface area contributed by atoms with Crippen LogP contribution in [0, 0.1) is 0 Å². The number of nitrogens with two attached hydrogens (primary N) is 1. The summed E-state index contributed by atoms with van der Waals surface area (Å²) in [5.41, 5.74) is 10.5. The number of anilines is 2. The minimum Gasteiger partial charge on any atom is -0.345 e. The predicted molar refractivity (Wildman–Crippen MR) is 85.9 cm³/mol. The highest BCUT2D eigenvalue weighted by Crippen LogP contribution is 2.28. The second-order valence-corrected chi connectivity index (χ2v) is 5.41. The molecular formula is C16H19BrN2. The summed E-state index contributed by atoms with van der Waals surface area (Å²) in [7, 11) is 2.07. The molecule has 0 bridgehead atoms. The van der Waals surface area contributed by atoms with Crippen molar-refractivity contribution in [2.75, 3.05) is 11.9 Å². The first-order valence-corrected chi connectivity index (χ1v) is 7.26. The first kappa shape index (κ1) is 14.1. The molecule has 0 saturated carbocycles. The molecule has 2 rings (SSSR count). The van der Waals surface area contributed by atoms with E-state index in [0.717, 1.165) is 22.1 Å². The van der Waals surface area contributed by atoms with E-state index in [1.807, 2.05) is 0 Å². The van der Waals surface area contributed by atoms with E-state index in [2.05, 4.69) is 77.3 Å². The van der Waals surface area contributed by atoms with Crippen LogP contribution >= 0.6 is 15.9 Å². The van der Waals surface area contributed by atoms with Crippen molar-refractivity contribution in [3.05, 3.63) is 58.1 Å². The van der Waals surface area contributed by atoms with Crippen molar-refractivity contribution < 1.29 is 0 Å². The van der Waals surface area contributed by atoms with E-state index in [-0.39, 0.29) is 0 Å². The van der Waals surface area contributed by atoms with Crippen LogP contribution in [0.2, 0.25) is 0 Å². The molecule has 19 heavy (non-hydrogen) atoms.